The maximum atomic E-state index is 12.8. The van der Waals surface area contributed by atoms with Crippen molar-refractivity contribution in [2.24, 2.45) is 0 Å². The van der Waals surface area contributed by atoms with Gasteiger partial charge in [0.15, 0.2) is 17.3 Å². The van der Waals surface area contributed by atoms with Gasteiger partial charge in [-0.05, 0) is 24.6 Å². The second kappa shape index (κ2) is 6.95. The van der Waals surface area contributed by atoms with Crippen LogP contribution in [-0.4, -0.2) is 44.2 Å². The van der Waals surface area contributed by atoms with Gasteiger partial charge in [0.1, 0.15) is 5.56 Å². The molecule has 122 valence electrons. The number of hydrogen-bond acceptors (Lipinski definition) is 7. The predicted molar refractivity (Wildman–Crippen MR) is 82.9 cm³/mol. The lowest BCUT2D eigenvalue weighted by Crippen LogP contribution is -2.09. The molecular weight excluding hydrogens is 300 g/mol. The first-order valence-electron chi connectivity index (χ1n) is 6.78. The van der Waals surface area contributed by atoms with Crippen LogP contribution in [0, 0.1) is 6.92 Å². The Labute approximate surface area is 134 Å². The van der Waals surface area contributed by atoms with E-state index in [1.807, 2.05) is 6.92 Å². The highest BCUT2D eigenvalue weighted by Gasteiger charge is 2.21. The average Bonchev–Trinajstić information content (AvgIpc) is 2.60. The molecule has 0 saturated carbocycles. The lowest BCUT2D eigenvalue weighted by atomic mass is 9.99. The van der Waals surface area contributed by atoms with Crippen molar-refractivity contribution >= 4 is 5.78 Å². The summed E-state index contributed by atoms with van der Waals surface area (Å²) in [7, 11) is 5.92. The van der Waals surface area contributed by atoms with Crippen molar-refractivity contribution in [1.82, 2.24) is 9.97 Å². The number of methoxy groups -OCH3 is 4. The molecule has 1 heterocycles. The summed E-state index contributed by atoms with van der Waals surface area (Å²) in [6.07, 6.45) is 1.38. The van der Waals surface area contributed by atoms with Gasteiger partial charge in [0, 0.05) is 11.8 Å². The molecular formula is C16H18N2O5. The number of aryl methyl sites for hydroxylation is 1. The number of rotatable bonds is 6. The summed E-state index contributed by atoms with van der Waals surface area (Å²) in [5.41, 5.74) is 1.43. The lowest BCUT2D eigenvalue weighted by Gasteiger charge is -2.13. The summed E-state index contributed by atoms with van der Waals surface area (Å²) < 4.78 is 20.6. The molecule has 7 heteroatoms. The fourth-order valence-electron chi connectivity index (χ4n) is 2.13. The number of benzene rings is 1. The van der Waals surface area contributed by atoms with Crippen molar-refractivity contribution in [3.05, 3.63) is 35.0 Å². The number of ether oxygens (including phenoxy) is 4. The van der Waals surface area contributed by atoms with Gasteiger partial charge in [-0.2, -0.15) is 4.98 Å². The van der Waals surface area contributed by atoms with E-state index in [2.05, 4.69) is 9.97 Å². The third-order valence-electron chi connectivity index (χ3n) is 3.33. The normalized spacial score (nSPS) is 10.1. The Kier molecular flexibility index (Phi) is 5.00. The van der Waals surface area contributed by atoms with Gasteiger partial charge >= 0.3 is 6.01 Å². The molecule has 0 unspecified atom stereocenters. The Morgan fingerprint density at radius 1 is 0.913 bits per heavy atom. The molecule has 0 spiro atoms. The van der Waals surface area contributed by atoms with E-state index in [4.69, 9.17) is 18.9 Å². The van der Waals surface area contributed by atoms with Gasteiger partial charge in [-0.3, -0.25) is 4.79 Å². The van der Waals surface area contributed by atoms with Crippen molar-refractivity contribution in [3.8, 4) is 23.4 Å². The summed E-state index contributed by atoms with van der Waals surface area (Å²) in [6, 6.07) is 3.49. The van der Waals surface area contributed by atoms with Crippen molar-refractivity contribution in [1.29, 1.82) is 0 Å². The molecule has 0 N–H and O–H groups in total. The number of aromatic nitrogens is 2. The Hall–Kier alpha value is -2.83. The number of ketones is 1. The van der Waals surface area contributed by atoms with Gasteiger partial charge in [0.25, 0.3) is 0 Å². The molecule has 1 aromatic heterocycles. The minimum Gasteiger partial charge on any atom is -0.493 e. The Bertz CT molecular complexity index is 731. The third-order valence-corrected chi connectivity index (χ3v) is 3.33. The van der Waals surface area contributed by atoms with Crippen LogP contribution >= 0.6 is 0 Å². The monoisotopic (exact) mass is 318 g/mol. The highest BCUT2D eigenvalue weighted by Crippen LogP contribution is 2.32. The lowest BCUT2D eigenvalue weighted by molar-refractivity contribution is 0.103. The molecule has 0 aliphatic heterocycles. The van der Waals surface area contributed by atoms with Gasteiger partial charge in [-0.1, -0.05) is 0 Å². The van der Waals surface area contributed by atoms with Gasteiger partial charge in [-0.25, -0.2) is 4.98 Å². The van der Waals surface area contributed by atoms with Crippen LogP contribution in [0.3, 0.4) is 0 Å². The van der Waals surface area contributed by atoms with Crippen LogP contribution in [-0.2, 0) is 0 Å². The molecule has 2 aromatic rings. The highest BCUT2D eigenvalue weighted by atomic mass is 16.5. The van der Waals surface area contributed by atoms with Crippen molar-refractivity contribution in [2.45, 2.75) is 6.92 Å². The number of nitrogens with zero attached hydrogens (tertiary/aromatic N) is 2. The summed E-state index contributed by atoms with van der Waals surface area (Å²) in [6.45, 7) is 1.81. The summed E-state index contributed by atoms with van der Waals surface area (Å²) in [5, 5.41) is 0. The minimum absolute atomic E-state index is 0.127. The molecule has 2 rings (SSSR count). The Morgan fingerprint density at radius 2 is 1.57 bits per heavy atom. The molecule has 23 heavy (non-hydrogen) atoms. The zero-order chi connectivity index (χ0) is 17.0. The predicted octanol–water partition coefficient (Wildman–Crippen LogP) is 2.05. The number of hydrogen-bond donors (Lipinski definition) is 0. The standard InChI is InChI=1S/C16H18N2O5/c1-9-6-12(20-2)13(21-3)7-10(9)14(19)11-8-17-16(23-5)18-15(11)22-4/h6-8H,1-5H3. The van der Waals surface area contributed by atoms with E-state index in [9.17, 15) is 4.79 Å². The zero-order valence-electron chi connectivity index (χ0n) is 13.7. The smallest absolute Gasteiger partial charge is 0.319 e. The molecule has 1 aromatic carbocycles. The van der Waals surface area contributed by atoms with E-state index in [1.54, 1.807) is 19.2 Å². The molecule has 0 aliphatic carbocycles. The first kappa shape index (κ1) is 16.5. The van der Waals surface area contributed by atoms with Crippen LogP contribution in [0.25, 0.3) is 0 Å². The highest BCUT2D eigenvalue weighted by molar-refractivity contribution is 6.11. The van der Waals surface area contributed by atoms with Crippen molar-refractivity contribution in [3.63, 3.8) is 0 Å². The fraction of sp³-hybridized carbons (Fsp3) is 0.312. The van der Waals surface area contributed by atoms with E-state index in [-0.39, 0.29) is 23.2 Å². The van der Waals surface area contributed by atoms with Crippen molar-refractivity contribution in [2.75, 3.05) is 28.4 Å². The van der Waals surface area contributed by atoms with Gasteiger partial charge in [0.2, 0.25) is 5.88 Å². The first-order valence-corrected chi connectivity index (χ1v) is 6.78. The maximum Gasteiger partial charge on any atom is 0.319 e. The number of carbonyl (C=O) groups excluding carboxylic acids is 1. The van der Waals surface area contributed by atoms with Crippen LogP contribution in [0.5, 0.6) is 23.4 Å². The summed E-state index contributed by atoms with van der Waals surface area (Å²) >= 11 is 0. The second-order valence-electron chi connectivity index (χ2n) is 4.63. The molecule has 7 nitrogen and oxygen atoms in total. The van der Waals surface area contributed by atoms with E-state index in [0.717, 1.165) is 5.56 Å². The van der Waals surface area contributed by atoms with Gasteiger partial charge in [-0.15, -0.1) is 0 Å². The Balaban J connectivity index is 2.52. The number of carbonyl (C=O) groups is 1. The van der Waals surface area contributed by atoms with Gasteiger partial charge < -0.3 is 18.9 Å². The van der Waals surface area contributed by atoms with Crippen LogP contribution in [0.2, 0.25) is 0 Å². The molecule has 0 amide bonds. The molecule has 0 aliphatic rings. The minimum atomic E-state index is -0.275. The second-order valence-corrected chi connectivity index (χ2v) is 4.63. The van der Waals surface area contributed by atoms with Crippen LogP contribution < -0.4 is 18.9 Å². The largest absolute Gasteiger partial charge is 0.493 e. The van der Waals surface area contributed by atoms with E-state index >= 15 is 0 Å². The van der Waals surface area contributed by atoms with Crippen molar-refractivity contribution < 1.29 is 23.7 Å². The van der Waals surface area contributed by atoms with Crippen LogP contribution in [0.1, 0.15) is 21.5 Å². The SMILES string of the molecule is COc1ncc(C(=O)c2cc(OC)c(OC)cc2C)c(OC)n1. The molecule has 0 radical (unpaired) electrons. The third kappa shape index (κ3) is 3.18. The zero-order valence-corrected chi connectivity index (χ0v) is 13.7. The maximum absolute atomic E-state index is 12.8. The van der Waals surface area contributed by atoms with Crippen LogP contribution in [0.4, 0.5) is 0 Å². The molecule has 0 atom stereocenters. The first-order chi connectivity index (χ1) is 11.0. The van der Waals surface area contributed by atoms with Crippen LogP contribution in [0.15, 0.2) is 18.3 Å². The molecule has 0 bridgehead atoms. The van der Waals surface area contributed by atoms with Gasteiger partial charge in [0.05, 0.1) is 28.4 Å². The molecule has 0 fully saturated rings. The fourth-order valence-corrected chi connectivity index (χ4v) is 2.13. The van der Waals surface area contributed by atoms with E-state index in [1.165, 1.54) is 27.5 Å². The summed E-state index contributed by atoms with van der Waals surface area (Å²) in [5.74, 6) is 0.897. The van der Waals surface area contributed by atoms with E-state index < -0.39 is 0 Å². The molecule has 0 saturated heterocycles. The summed E-state index contributed by atoms with van der Waals surface area (Å²) in [4.78, 5) is 20.8. The quantitative estimate of drug-likeness (QED) is 0.754. The topological polar surface area (TPSA) is 79.8 Å². The Morgan fingerprint density at radius 3 is 2.13 bits per heavy atom. The average molecular weight is 318 g/mol. The van der Waals surface area contributed by atoms with E-state index in [0.29, 0.717) is 17.1 Å².